The molecule has 1 heterocycles. The van der Waals surface area contributed by atoms with Gasteiger partial charge < -0.3 is 9.80 Å². The summed E-state index contributed by atoms with van der Waals surface area (Å²) >= 11 is 1.66. The van der Waals surface area contributed by atoms with E-state index in [2.05, 4.69) is 38.7 Å². The molecule has 0 spiro atoms. The third-order valence-corrected chi connectivity index (χ3v) is 6.40. The van der Waals surface area contributed by atoms with Gasteiger partial charge in [0.1, 0.15) is 0 Å². The number of nitro benzene ring substituents is 1. The maximum Gasteiger partial charge on any atom is 0.269 e. The van der Waals surface area contributed by atoms with Crippen molar-refractivity contribution in [3.8, 4) is 0 Å². The first-order valence-electron chi connectivity index (χ1n) is 10.2. The van der Waals surface area contributed by atoms with Crippen molar-refractivity contribution >= 4 is 22.9 Å². The third-order valence-electron chi connectivity index (χ3n) is 5.39. The summed E-state index contributed by atoms with van der Waals surface area (Å²) in [5.41, 5.74) is 1.67. The Kier molecular flexibility index (Phi) is 8.79. The highest BCUT2D eigenvalue weighted by molar-refractivity contribution is 7.10. The van der Waals surface area contributed by atoms with Gasteiger partial charge in [-0.1, -0.05) is 13.8 Å². The number of benzene rings is 1. The molecule has 0 N–H and O–H groups in total. The first kappa shape index (κ1) is 23.0. The normalized spacial score (nSPS) is 12.2. The molecule has 6 nitrogen and oxygen atoms in total. The van der Waals surface area contributed by atoms with Crippen LogP contribution >= 0.6 is 11.3 Å². The zero-order chi connectivity index (χ0) is 21.4. The van der Waals surface area contributed by atoms with E-state index in [0.29, 0.717) is 12.1 Å². The zero-order valence-corrected chi connectivity index (χ0v) is 18.6. The molecule has 7 heteroatoms. The molecule has 0 fully saturated rings. The van der Waals surface area contributed by atoms with Crippen LogP contribution in [0, 0.1) is 17.0 Å². The lowest BCUT2D eigenvalue weighted by atomic mass is 10.1. The Morgan fingerprint density at radius 1 is 1.17 bits per heavy atom. The number of rotatable bonds is 11. The molecule has 158 valence electrons. The number of amides is 1. The molecule has 0 saturated carbocycles. The Hall–Kier alpha value is -2.25. The first-order chi connectivity index (χ1) is 13.9. The largest absolute Gasteiger partial charge is 0.331 e. The fraction of sp³-hybridized carbons (Fsp3) is 0.500. The first-order valence-corrected chi connectivity index (χ1v) is 11.1. The van der Waals surface area contributed by atoms with Gasteiger partial charge in [0.05, 0.1) is 11.5 Å². The molecular formula is C22H31N3O3S. The number of hydrogen-bond donors (Lipinski definition) is 0. The van der Waals surface area contributed by atoms with Crippen LogP contribution in [0.25, 0.3) is 0 Å². The quantitative estimate of drug-likeness (QED) is 0.376. The Labute approximate surface area is 177 Å². The van der Waals surface area contributed by atoms with Gasteiger partial charge in [-0.2, -0.15) is 0 Å². The summed E-state index contributed by atoms with van der Waals surface area (Å²) in [5.74, 6) is -0.0805. The molecule has 1 aromatic heterocycles. The maximum atomic E-state index is 13.3. The Morgan fingerprint density at radius 2 is 1.83 bits per heavy atom. The number of nitrogens with zero attached hydrogens (tertiary/aromatic N) is 3. The molecule has 0 saturated heterocycles. The Bertz CT molecular complexity index is 800. The number of carbonyl (C=O) groups excluding carboxylic acids is 1. The minimum atomic E-state index is -0.448. The van der Waals surface area contributed by atoms with Crippen LogP contribution < -0.4 is 0 Å². The molecule has 2 rings (SSSR count). The zero-order valence-electron chi connectivity index (χ0n) is 17.8. The highest BCUT2D eigenvalue weighted by Crippen LogP contribution is 2.23. The monoisotopic (exact) mass is 417 g/mol. The highest BCUT2D eigenvalue weighted by Gasteiger charge is 2.23. The van der Waals surface area contributed by atoms with Crippen LogP contribution in [-0.4, -0.2) is 46.3 Å². The molecule has 1 aromatic carbocycles. The lowest BCUT2D eigenvalue weighted by Gasteiger charge is -2.30. The van der Waals surface area contributed by atoms with Crippen LogP contribution in [0.2, 0.25) is 0 Å². The van der Waals surface area contributed by atoms with Gasteiger partial charge >= 0.3 is 0 Å². The van der Waals surface area contributed by atoms with E-state index < -0.39 is 4.92 Å². The van der Waals surface area contributed by atoms with E-state index in [-0.39, 0.29) is 17.6 Å². The van der Waals surface area contributed by atoms with Gasteiger partial charge in [0.2, 0.25) is 0 Å². The number of aryl methyl sites for hydroxylation is 1. The standard InChI is InChI=1S/C22H31N3O3S/c1-5-23(6-2)14-7-8-18(4)24(16-21-17(3)13-15-29-21)22(26)19-9-11-20(12-10-19)25(27)28/h9-13,15,18H,5-8,14,16H2,1-4H3. The molecule has 1 amide bonds. The van der Waals surface area contributed by atoms with Crippen LogP contribution in [-0.2, 0) is 6.54 Å². The van der Waals surface area contributed by atoms with Crippen molar-refractivity contribution < 1.29 is 9.72 Å². The lowest BCUT2D eigenvalue weighted by Crippen LogP contribution is -2.38. The van der Waals surface area contributed by atoms with Crippen molar-refractivity contribution in [1.29, 1.82) is 0 Å². The van der Waals surface area contributed by atoms with E-state index in [1.165, 1.54) is 22.6 Å². The number of carbonyl (C=O) groups is 1. The fourth-order valence-corrected chi connectivity index (χ4v) is 4.25. The summed E-state index contributed by atoms with van der Waals surface area (Å²) < 4.78 is 0. The number of thiophene rings is 1. The second-order valence-electron chi connectivity index (χ2n) is 7.28. The van der Waals surface area contributed by atoms with E-state index in [1.54, 1.807) is 23.5 Å². The smallest absolute Gasteiger partial charge is 0.269 e. The van der Waals surface area contributed by atoms with Crippen molar-refractivity contribution in [3.05, 3.63) is 61.8 Å². The molecule has 0 aliphatic carbocycles. The molecule has 0 aliphatic rings. The van der Waals surface area contributed by atoms with Crippen LogP contribution in [0.1, 0.15) is 54.4 Å². The van der Waals surface area contributed by atoms with Gasteiger partial charge in [-0.15, -0.1) is 11.3 Å². The number of hydrogen-bond acceptors (Lipinski definition) is 5. The van der Waals surface area contributed by atoms with Crippen LogP contribution in [0.3, 0.4) is 0 Å². The summed E-state index contributed by atoms with van der Waals surface area (Å²) in [6.45, 7) is 12.1. The predicted octanol–water partition coefficient (Wildman–Crippen LogP) is 5.12. The lowest BCUT2D eigenvalue weighted by molar-refractivity contribution is -0.384. The topological polar surface area (TPSA) is 66.7 Å². The summed E-state index contributed by atoms with van der Waals surface area (Å²) in [5, 5.41) is 12.9. The van der Waals surface area contributed by atoms with Gasteiger partial charge in [-0.25, -0.2) is 0 Å². The fourth-order valence-electron chi connectivity index (χ4n) is 3.35. The number of non-ortho nitro benzene ring substituents is 1. The molecule has 1 atom stereocenters. The molecule has 2 aromatic rings. The molecular weight excluding hydrogens is 386 g/mol. The van der Waals surface area contributed by atoms with Crippen LogP contribution in [0.4, 0.5) is 5.69 Å². The Balaban J connectivity index is 2.16. The van der Waals surface area contributed by atoms with Crippen molar-refractivity contribution in [3.63, 3.8) is 0 Å². The van der Waals surface area contributed by atoms with Gasteiger partial charge in [0.15, 0.2) is 0 Å². The second-order valence-corrected chi connectivity index (χ2v) is 8.28. The summed E-state index contributed by atoms with van der Waals surface area (Å²) in [6, 6.07) is 8.04. The van der Waals surface area contributed by atoms with Crippen molar-refractivity contribution in [2.75, 3.05) is 19.6 Å². The molecule has 29 heavy (non-hydrogen) atoms. The molecule has 1 unspecified atom stereocenters. The number of nitro groups is 1. The molecule has 0 aliphatic heterocycles. The van der Waals surface area contributed by atoms with Crippen LogP contribution in [0.5, 0.6) is 0 Å². The van der Waals surface area contributed by atoms with Gasteiger partial charge in [0.25, 0.3) is 11.6 Å². The van der Waals surface area contributed by atoms with E-state index in [0.717, 1.165) is 32.5 Å². The van der Waals surface area contributed by atoms with Crippen LogP contribution in [0.15, 0.2) is 35.7 Å². The summed E-state index contributed by atoms with van der Waals surface area (Å²) in [4.78, 5) is 29.2. The van der Waals surface area contributed by atoms with Crippen molar-refractivity contribution in [1.82, 2.24) is 9.80 Å². The van der Waals surface area contributed by atoms with E-state index in [9.17, 15) is 14.9 Å². The average molecular weight is 418 g/mol. The van der Waals surface area contributed by atoms with E-state index in [4.69, 9.17) is 0 Å². The van der Waals surface area contributed by atoms with Gasteiger partial charge in [-0.3, -0.25) is 14.9 Å². The molecule has 0 radical (unpaired) electrons. The highest BCUT2D eigenvalue weighted by atomic mass is 32.1. The third kappa shape index (κ3) is 6.37. The Morgan fingerprint density at radius 3 is 2.34 bits per heavy atom. The van der Waals surface area contributed by atoms with Crippen molar-refractivity contribution in [2.24, 2.45) is 0 Å². The minimum Gasteiger partial charge on any atom is -0.331 e. The van der Waals surface area contributed by atoms with Gasteiger partial charge in [-0.05, 0) is 75.5 Å². The van der Waals surface area contributed by atoms with E-state index >= 15 is 0 Å². The maximum absolute atomic E-state index is 13.3. The molecule has 0 bridgehead atoms. The van der Waals surface area contributed by atoms with Gasteiger partial charge in [0, 0.05) is 28.6 Å². The minimum absolute atomic E-state index is 0.00512. The van der Waals surface area contributed by atoms with E-state index in [1.807, 2.05) is 10.3 Å². The SMILES string of the molecule is CCN(CC)CCCC(C)N(Cc1sccc1C)C(=O)c1ccc([N+](=O)[O-])cc1. The second kappa shape index (κ2) is 11.1. The summed E-state index contributed by atoms with van der Waals surface area (Å²) in [7, 11) is 0. The average Bonchev–Trinajstić information content (AvgIpc) is 3.13. The summed E-state index contributed by atoms with van der Waals surface area (Å²) in [6.07, 6.45) is 1.94. The van der Waals surface area contributed by atoms with Crippen molar-refractivity contribution in [2.45, 2.75) is 53.1 Å². The predicted molar refractivity (Wildman–Crippen MR) is 119 cm³/mol.